The van der Waals surface area contributed by atoms with Crippen LogP contribution in [0.25, 0.3) is 0 Å². The molecule has 3 rings (SSSR count). The van der Waals surface area contributed by atoms with Gasteiger partial charge in [-0.3, -0.25) is 4.79 Å². The van der Waals surface area contributed by atoms with Crippen molar-refractivity contribution >= 4 is 22.4 Å². The lowest BCUT2D eigenvalue weighted by atomic mass is 10.3. The monoisotopic (exact) mass is 304 g/mol. The molecular weight excluding hydrogens is 284 g/mol. The van der Waals surface area contributed by atoms with E-state index in [9.17, 15) is 4.79 Å². The van der Waals surface area contributed by atoms with Gasteiger partial charge in [0.2, 0.25) is 0 Å². The van der Waals surface area contributed by atoms with E-state index >= 15 is 0 Å². The number of thiazole rings is 1. The molecule has 1 aliphatic heterocycles. The summed E-state index contributed by atoms with van der Waals surface area (Å²) in [5.41, 5.74) is 1.88. The van der Waals surface area contributed by atoms with Crippen LogP contribution in [0.15, 0.2) is 23.7 Å². The highest BCUT2D eigenvalue weighted by atomic mass is 32.1. The fourth-order valence-corrected chi connectivity index (χ4v) is 3.37. The van der Waals surface area contributed by atoms with E-state index in [1.807, 2.05) is 47.1 Å². The highest BCUT2D eigenvalue weighted by Crippen LogP contribution is 2.20. The first kappa shape index (κ1) is 14.1. The minimum atomic E-state index is 0.131. The number of nitrogens with zero attached hydrogens (tertiary/aromatic N) is 4. The van der Waals surface area contributed by atoms with E-state index in [1.165, 1.54) is 0 Å². The number of amides is 1. The van der Waals surface area contributed by atoms with Crippen molar-refractivity contribution in [1.29, 1.82) is 0 Å². The molecule has 6 heteroatoms. The zero-order valence-electron chi connectivity index (χ0n) is 12.5. The van der Waals surface area contributed by atoms with Gasteiger partial charge in [-0.25, -0.2) is 4.98 Å². The lowest BCUT2D eigenvalue weighted by Crippen LogP contribution is -2.36. The molecule has 0 unspecified atom stereocenters. The highest BCUT2D eigenvalue weighted by Gasteiger charge is 2.23. The lowest BCUT2D eigenvalue weighted by Gasteiger charge is -2.22. The van der Waals surface area contributed by atoms with Gasteiger partial charge in [-0.2, -0.15) is 0 Å². The molecule has 0 spiro atoms. The molecule has 112 valence electrons. The third kappa shape index (κ3) is 2.81. The number of carbonyl (C=O) groups excluding carboxylic acids is 1. The van der Waals surface area contributed by atoms with Crippen LogP contribution >= 0.6 is 11.3 Å². The van der Waals surface area contributed by atoms with Crippen LogP contribution in [0.3, 0.4) is 0 Å². The molecule has 1 aliphatic rings. The first-order valence-electron chi connectivity index (χ1n) is 7.23. The summed E-state index contributed by atoms with van der Waals surface area (Å²) < 4.78 is 1.96. The molecule has 3 heterocycles. The minimum absolute atomic E-state index is 0.131. The zero-order chi connectivity index (χ0) is 14.8. The van der Waals surface area contributed by atoms with E-state index in [0.29, 0.717) is 0 Å². The minimum Gasteiger partial charge on any atom is -0.346 e. The van der Waals surface area contributed by atoms with Crippen LogP contribution in [0.2, 0.25) is 0 Å². The average molecular weight is 304 g/mol. The van der Waals surface area contributed by atoms with Gasteiger partial charge in [0.05, 0.1) is 0 Å². The molecular formula is C15H20N4OS. The average Bonchev–Trinajstić information content (AvgIpc) is 3.04. The van der Waals surface area contributed by atoms with E-state index in [4.69, 9.17) is 0 Å². The maximum atomic E-state index is 12.7. The van der Waals surface area contributed by atoms with Gasteiger partial charge in [0.15, 0.2) is 5.13 Å². The fourth-order valence-electron chi connectivity index (χ4n) is 2.67. The summed E-state index contributed by atoms with van der Waals surface area (Å²) in [6, 6.07) is 3.91. The fraction of sp³-hybridized carbons (Fsp3) is 0.467. The Kier molecular flexibility index (Phi) is 3.96. The van der Waals surface area contributed by atoms with Crippen molar-refractivity contribution in [1.82, 2.24) is 14.5 Å². The summed E-state index contributed by atoms with van der Waals surface area (Å²) >= 11 is 1.66. The van der Waals surface area contributed by atoms with Crippen LogP contribution < -0.4 is 4.90 Å². The summed E-state index contributed by atoms with van der Waals surface area (Å²) in [7, 11) is 1.95. The lowest BCUT2D eigenvalue weighted by molar-refractivity contribution is 0.0757. The molecule has 0 bridgehead atoms. The van der Waals surface area contributed by atoms with E-state index < -0.39 is 0 Å². The predicted octanol–water partition coefficient (Wildman–Crippen LogP) is 2.14. The molecule has 0 aliphatic carbocycles. The maximum absolute atomic E-state index is 12.7. The second-order valence-electron chi connectivity index (χ2n) is 5.37. The van der Waals surface area contributed by atoms with Gasteiger partial charge in [-0.05, 0) is 25.5 Å². The topological polar surface area (TPSA) is 41.4 Å². The van der Waals surface area contributed by atoms with E-state index in [1.54, 1.807) is 11.3 Å². The van der Waals surface area contributed by atoms with Gasteiger partial charge in [-0.1, -0.05) is 0 Å². The van der Waals surface area contributed by atoms with Crippen LogP contribution in [0.5, 0.6) is 0 Å². The number of carbonyl (C=O) groups is 1. The number of hydrogen-bond donors (Lipinski definition) is 0. The molecule has 2 aromatic rings. The predicted molar refractivity (Wildman–Crippen MR) is 85.0 cm³/mol. The van der Waals surface area contributed by atoms with Gasteiger partial charge in [0.1, 0.15) is 5.69 Å². The normalized spacial score (nSPS) is 16.1. The third-order valence-corrected chi connectivity index (χ3v) is 4.90. The Morgan fingerprint density at radius 3 is 2.76 bits per heavy atom. The van der Waals surface area contributed by atoms with Crippen molar-refractivity contribution in [2.75, 3.05) is 31.1 Å². The van der Waals surface area contributed by atoms with Gasteiger partial charge in [0.25, 0.3) is 5.91 Å². The Balaban J connectivity index is 1.70. The van der Waals surface area contributed by atoms with E-state index in [2.05, 4.69) is 9.88 Å². The molecule has 0 saturated carbocycles. The number of hydrogen-bond acceptors (Lipinski definition) is 4. The Labute approximate surface area is 128 Å². The smallest absolute Gasteiger partial charge is 0.270 e. The maximum Gasteiger partial charge on any atom is 0.270 e. The van der Waals surface area contributed by atoms with Gasteiger partial charge >= 0.3 is 0 Å². The van der Waals surface area contributed by atoms with E-state index in [0.717, 1.165) is 49.1 Å². The van der Waals surface area contributed by atoms with Crippen molar-refractivity contribution < 1.29 is 4.79 Å². The summed E-state index contributed by atoms with van der Waals surface area (Å²) in [6.45, 7) is 5.39. The molecule has 1 fully saturated rings. The van der Waals surface area contributed by atoms with Crippen molar-refractivity contribution in [3.63, 3.8) is 0 Å². The molecule has 1 amide bonds. The SMILES string of the molecule is Cc1ccc(C(=O)N2CCCN(c3nccs3)CC2)n1C. The first-order valence-corrected chi connectivity index (χ1v) is 8.11. The molecule has 2 aromatic heterocycles. The summed E-state index contributed by atoms with van der Waals surface area (Å²) in [5.74, 6) is 0.131. The first-order chi connectivity index (χ1) is 10.2. The van der Waals surface area contributed by atoms with Crippen molar-refractivity contribution in [3.05, 3.63) is 35.1 Å². The molecule has 0 N–H and O–H groups in total. The van der Waals surface area contributed by atoms with Crippen molar-refractivity contribution in [2.24, 2.45) is 7.05 Å². The second-order valence-corrected chi connectivity index (χ2v) is 6.24. The van der Waals surface area contributed by atoms with Crippen LogP contribution in [-0.2, 0) is 7.05 Å². The number of rotatable bonds is 2. The highest BCUT2D eigenvalue weighted by molar-refractivity contribution is 7.13. The Morgan fingerprint density at radius 2 is 2.10 bits per heavy atom. The van der Waals surface area contributed by atoms with E-state index in [-0.39, 0.29) is 5.91 Å². The summed E-state index contributed by atoms with van der Waals surface area (Å²) in [4.78, 5) is 21.3. The summed E-state index contributed by atoms with van der Waals surface area (Å²) in [5, 5.41) is 3.05. The van der Waals surface area contributed by atoms with Crippen LogP contribution in [0.4, 0.5) is 5.13 Å². The molecule has 0 aromatic carbocycles. The number of anilines is 1. The Bertz CT molecular complexity index is 620. The summed E-state index contributed by atoms with van der Waals surface area (Å²) in [6.07, 6.45) is 2.81. The Hall–Kier alpha value is -1.82. The third-order valence-electron chi connectivity index (χ3n) is 4.06. The molecule has 0 radical (unpaired) electrons. The van der Waals surface area contributed by atoms with Crippen molar-refractivity contribution in [2.45, 2.75) is 13.3 Å². The zero-order valence-corrected chi connectivity index (χ0v) is 13.3. The molecule has 21 heavy (non-hydrogen) atoms. The van der Waals surface area contributed by atoms with Crippen LogP contribution in [0, 0.1) is 6.92 Å². The van der Waals surface area contributed by atoms with Crippen LogP contribution in [-0.4, -0.2) is 46.5 Å². The van der Waals surface area contributed by atoms with Gasteiger partial charge < -0.3 is 14.4 Å². The van der Waals surface area contributed by atoms with Gasteiger partial charge in [0, 0.05) is 50.5 Å². The quantitative estimate of drug-likeness (QED) is 0.853. The second kappa shape index (κ2) is 5.89. The number of aromatic nitrogens is 2. The molecule has 0 atom stereocenters. The van der Waals surface area contributed by atoms with Crippen LogP contribution in [0.1, 0.15) is 22.6 Å². The largest absolute Gasteiger partial charge is 0.346 e. The molecule has 1 saturated heterocycles. The van der Waals surface area contributed by atoms with Crippen molar-refractivity contribution in [3.8, 4) is 0 Å². The van der Waals surface area contributed by atoms with Gasteiger partial charge in [-0.15, -0.1) is 11.3 Å². The standard InChI is InChI=1S/C15H20N4OS/c1-12-4-5-13(17(12)2)14(20)18-7-3-8-19(10-9-18)15-16-6-11-21-15/h4-6,11H,3,7-10H2,1-2H3. The number of aryl methyl sites for hydroxylation is 1. The molecule has 5 nitrogen and oxygen atoms in total. The Morgan fingerprint density at radius 1 is 1.24 bits per heavy atom.